The van der Waals surface area contributed by atoms with Crippen LogP contribution in [0.4, 0.5) is 0 Å². The van der Waals surface area contributed by atoms with E-state index in [4.69, 9.17) is 0 Å². The van der Waals surface area contributed by atoms with E-state index in [1.807, 2.05) is 0 Å². The van der Waals surface area contributed by atoms with Gasteiger partial charge >= 0.3 is 5.97 Å². The minimum Gasteiger partial charge on any atom is -0.466 e. The summed E-state index contributed by atoms with van der Waals surface area (Å²) in [4.78, 5) is 31.2. The summed E-state index contributed by atoms with van der Waals surface area (Å²) in [6.07, 6.45) is 1.79. The Bertz CT molecular complexity index is 214. The number of allylic oxidation sites excluding steroid dienone is 1. The van der Waals surface area contributed by atoms with E-state index >= 15 is 0 Å². The highest BCUT2D eigenvalue weighted by molar-refractivity contribution is 6.41. The first-order chi connectivity index (χ1) is 5.07. The van der Waals surface area contributed by atoms with E-state index in [0.717, 1.165) is 19.1 Å². The van der Waals surface area contributed by atoms with Gasteiger partial charge in [0.15, 0.2) is 5.78 Å². The van der Waals surface area contributed by atoms with Crippen LogP contribution >= 0.6 is 0 Å². The predicted molar refractivity (Wildman–Crippen MR) is 36.8 cm³/mol. The van der Waals surface area contributed by atoms with Crippen LogP contribution in [0, 0.1) is 0 Å². The van der Waals surface area contributed by atoms with Gasteiger partial charge in [-0.15, -0.1) is 0 Å². The fraction of sp³-hybridized carbons (Fsp3) is 0.286. The van der Waals surface area contributed by atoms with Gasteiger partial charge in [0.25, 0.3) is 0 Å². The van der Waals surface area contributed by atoms with Crippen molar-refractivity contribution in [1.29, 1.82) is 0 Å². The van der Waals surface area contributed by atoms with Crippen LogP contribution in [0.25, 0.3) is 0 Å². The molecule has 0 aliphatic carbocycles. The molecule has 0 aliphatic heterocycles. The first-order valence-electron chi connectivity index (χ1n) is 2.89. The minimum absolute atomic E-state index is 0.606. The van der Waals surface area contributed by atoms with Crippen molar-refractivity contribution in [3.8, 4) is 0 Å². The fourth-order valence-corrected chi connectivity index (χ4v) is 0.329. The van der Waals surface area contributed by atoms with Crippen LogP contribution in [-0.4, -0.2) is 24.6 Å². The highest BCUT2D eigenvalue weighted by Gasteiger charge is 2.02. The smallest absolute Gasteiger partial charge is 0.330 e. The van der Waals surface area contributed by atoms with Crippen molar-refractivity contribution < 1.29 is 19.1 Å². The van der Waals surface area contributed by atoms with Gasteiger partial charge in [0.2, 0.25) is 5.78 Å². The molecule has 0 spiro atoms. The molecule has 0 unspecified atom stereocenters. The van der Waals surface area contributed by atoms with Gasteiger partial charge in [-0.05, 0) is 6.08 Å². The molecule has 11 heavy (non-hydrogen) atoms. The molecule has 0 radical (unpaired) electrons. The number of ether oxygens (including phenoxy) is 1. The Morgan fingerprint density at radius 1 is 1.18 bits per heavy atom. The molecule has 4 nitrogen and oxygen atoms in total. The standard InChI is InChI=1S/C7H8O4/c1-5(8)6(9)3-4-7(10)11-2/h3-4H,1-2H3. The number of carbonyl (C=O) groups excluding carboxylic acids is 3. The highest BCUT2D eigenvalue weighted by Crippen LogP contribution is 1.81. The number of rotatable bonds is 3. The van der Waals surface area contributed by atoms with E-state index < -0.39 is 17.5 Å². The normalized spacial score (nSPS) is 9.64. The molecule has 0 atom stereocenters. The van der Waals surface area contributed by atoms with Crippen molar-refractivity contribution in [2.24, 2.45) is 0 Å². The van der Waals surface area contributed by atoms with Crippen LogP contribution < -0.4 is 0 Å². The lowest BCUT2D eigenvalue weighted by molar-refractivity contribution is -0.135. The van der Waals surface area contributed by atoms with Crippen LogP contribution in [0.3, 0.4) is 0 Å². The number of Topliss-reactive ketones (excluding diaryl/α,β-unsaturated/α-hetero) is 1. The van der Waals surface area contributed by atoms with Crippen molar-refractivity contribution in [3.05, 3.63) is 12.2 Å². The molecule has 0 aromatic heterocycles. The number of carbonyl (C=O) groups is 3. The molecule has 0 aliphatic rings. The van der Waals surface area contributed by atoms with E-state index in [1.54, 1.807) is 0 Å². The van der Waals surface area contributed by atoms with Crippen LogP contribution in [0.5, 0.6) is 0 Å². The molecule has 60 valence electrons. The Labute approximate surface area is 63.8 Å². The molecule has 0 saturated heterocycles. The maximum absolute atomic E-state index is 10.5. The Morgan fingerprint density at radius 2 is 1.73 bits per heavy atom. The first-order valence-corrected chi connectivity index (χ1v) is 2.89. The van der Waals surface area contributed by atoms with Gasteiger partial charge in [0, 0.05) is 13.0 Å². The largest absolute Gasteiger partial charge is 0.466 e. The summed E-state index contributed by atoms with van der Waals surface area (Å²) >= 11 is 0. The summed E-state index contributed by atoms with van der Waals surface area (Å²) in [5.74, 6) is -1.97. The molecule has 0 fully saturated rings. The van der Waals surface area contributed by atoms with Crippen molar-refractivity contribution in [3.63, 3.8) is 0 Å². The topological polar surface area (TPSA) is 60.4 Å². The number of esters is 1. The first kappa shape index (κ1) is 9.55. The summed E-state index contributed by atoms with van der Waals surface area (Å²) in [6.45, 7) is 1.13. The van der Waals surface area contributed by atoms with Gasteiger partial charge in [-0.25, -0.2) is 4.79 Å². The molecule has 4 heteroatoms. The van der Waals surface area contributed by atoms with Gasteiger partial charge < -0.3 is 4.74 Å². The second-order valence-electron chi connectivity index (χ2n) is 1.78. The summed E-state index contributed by atoms with van der Waals surface area (Å²) < 4.78 is 4.19. The van der Waals surface area contributed by atoms with E-state index in [1.165, 1.54) is 7.11 Å². The number of hydrogen-bond donors (Lipinski definition) is 0. The number of hydrogen-bond acceptors (Lipinski definition) is 4. The van der Waals surface area contributed by atoms with Gasteiger partial charge in [0.1, 0.15) is 0 Å². The number of methoxy groups -OCH3 is 1. The second-order valence-corrected chi connectivity index (χ2v) is 1.78. The van der Waals surface area contributed by atoms with Crippen molar-refractivity contribution in [2.75, 3.05) is 7.11 Å². The molecule has 0 heterocycles. The zero-order chi connectivity index (χ0) is 8.85. The Hall–Kier alpha value is -1.45. The van der Waals surface area contributed by atoms with E-state index in [9.17, 15) is 14.4 Å². The molecule has 0 aromatic rings. The summed E-state index contributed by atoms with van der Waals surface area (Å²) in [6, 6.07) is 0. The van der Waals surface area contributed by atoms with Crippen molar-refractivity contribution in [2.45, 2.75) is 6.92 Å². The van der Waals surface area contributed by atoms with Crippen LogP contribution in [0.2, 0.25) is 0 Å². The average Bonchev–Trinajstić information content (AvgIpc) is 1.99. The van der Waals surface area contributed by atoms with E-state index in [0.29, 0.717) is 0 Å². The van der Waals surface area contributed by atoms with Gasteiger partial charge in [0.05, 0.1) is 7.11 Å². The van der Waals surface area contributed by atoms with Gasteiger partial charge in [-0.3, -0.25) is 9.59 Å². The molecule has 0 amide bonds. The second kappa shape index (κ2) is 4.38. The maximum Gasteiger partial charge on any atom is 0.330 e. The third kappa shape index (κ3) is 4.02. The fourth-order valence-electron chi connectivity index (χ4n) is 0.329. The summed E-state index contributed by atoms with van der Waals surface area (Å²) in [5, 5.41) is 0. The zero-order valence-corrected chi connectivity index (χ0v) is 6.29. The van der Waals surface area contributed by atoms with Gasteiger partial charge in [-0.1, -0.05) is 0 Å². The molecule has 0 rings (SSSR count). The monoisotopic (exact) mass is 156 g/mol. The van der Waals surface area contributed by atoms with Crippen LogP contribution in [0.15, 0.2) is 12.2 Å². The Balaban J connectivity index is 4.04. The van der Waals surface area contributed by atoms with Gasteiger partial charge in [-0.2, -0.15) is 0 Å². The number of ketones is 2. The van der Waals surface area contributed by atoms with Crippen molar-refractivity contribution in [1.82, 2.24) is 0 Å². The van der Waals surface area contributed by atoms with Crippen molar-refractivity contribution >= 4 is 17.5 Å². The SMILES string of the molecule is COC(=O)C=CC(=O)C(C)=O. The lowest BCUT2D eigenvalue weighted by Crippen LogP contribution is -2.06. The summed E-state index contributed by atoms with van der Waals surface area (Å²) in [5.41, 5.74) is 0. The van der Waals surface area contributed by atoms with E-state index in [-0.39, 0.29) is 0 Å². The highest BCUT2D eigenvalue weighted by atomic mass is 16.5. The maximum atomic E-state index is 10.5. The molecule has 0 N–H and O–H groups in total. The van der Waals surface area contributed by atoms with Crippen LogP contribution in [-0.2, 0) is 19.1 Å². The third-order valence-corrected chi connectivity index (χ3v) is 0.919. The van der Waals surface area contributed by atoms with E-state index in [2.05, 4.69) is 4.74 Å². The lowest BCUT2D eigenvalue weighted by Gasteiger charge is -1.87. The molecule has 0 aromatic carbocycles. The Kier molecular flexibility index (Phi) is 3.80. The summed E-state index contributed by atoms with van der Waals surface area (Å²) in [7, 11) is 1.19. The van der Waals surface area contributed by atoms with Crippen LogP contribution in [0.1, 0.15) is 6.92 Å². The average molecular weight is 156 g/mol. The molecular formula is C7H8O4. The molecule has 0 saturated carbocycles. The third-order valence-electron chi connectivity index (χ3n) is 0.919. The predicted octanol–water partition coefficient (Wildman–Crippen LogP) is -0.126. The minimum atomic E-state index is -0.713. The Morgan fingerprint density at radius 3 is 2.09 bits per heavy atom. The molecule has 0 bridgehead atoms. The quantitative estimate of drug-likeness (QED) is 0.324. The zero-order valence-electron chi connectivity index (χ0n) is 6.29. The molecular weight excluding hydrogens is 148 g/mol. The lowest BCUT2D eigenvalue weighted by atomic mass is 10.3.